The SMILES string of the molecule is CC.O=C(CNP(Oc1ccccc1)Oc1ccc([N+](=O)[O-])cc1)OC1CCCCC1. The van der Waals surface area contributed by atoms with E-state index in [1.165, 1.54) is 30.7 Å². The zero-order valence-corrected chi connectivity index (χ0v) is 18.8. The average molecular weight is 448 g/mol. The van der Waals surface area contributed by atoms with E-state index < -0.39 is 13.4 Å². The molecule has 9 heteroatoms. The molecule has 2 aromatic carbocycles. The molecule has 1 aliphatic rings. The number of carbonyl (C=O) groups is 1. The van der Waals surface area contributed by atoms with Crippen molar-refractivity contribution in [2.75, 3.05) is 6.54 Å². The van der Waals surface area contributed by atoms with E-state index in [0.29, 0.717) is 11.5 Å². The van der Waals surface area contributed by atoms with Gasteiger partial charge in [-0.2, -0.15) is 0 Å². The number of hydrogen-bond acceptors (Lipinski definition) is 7. The number of carbonyl (C=O) groups excluding carboxylic acids is 1. The largest absolute Gasteiger partial charge is 0.461 e. The van der Waals surface area contributed by atoms with Gasteiger partial charge in [-0.05, 0) is 49.9 Å². The van der Waals surface area contributed by atoms with E-state index in [-0.39, 0.29) is 24.3 Å². The summed E-state index contributed by atoms with van der Waals surface area (Å²) in [6.07, 6.45) is 5.14. The Balaban J connectivity index is 0.00000166. The van der Waals surface area contributed by atoms with Gasteiger partial charge >= 0.3 is 14.5 Å². The first-order valence-corrected chi connectivity index (χ1v) is 11.7. The number of nitro benzene ring substituents is 1. The molecule has 168 valence electrons. The number of ether oxygens (including phenoxy) is 1. The van der Waals surface area contributed by atoms with Crippen molar-refractivity contribution in [2.45, 2.75) is 52.1 Å². The number of nitro groups is 1. The van der Waals surface area contributed by atoms with Gasteiger partial charge in [0.15, 0.2) is 0 Å². The fourth-order valence-electron chi connectivity index (χ4n) is 2.92. The lowest BCUT2D eigenvalue weighted by atomic mass is 9.98. The zero-order valence-electron chi connectivity index (χ0n) is 17.9. The van der Waals surface area contributed by atoms with Crippen LogP contribution in [0.25, 0.3) is 0 Å². The summed E-state index contributed by atoms with van der Waals surface area (Å²) in [5, 5.41) is 13.8. The molecule has 0 bridgehead atoms. The maximum absolute atomic E-state index is 12.2. The Kier molecular flexibility index (Phi) is 10.8. The molecule has 2 aromatic rings. The van der Waals surface area contributed by atoms with Gasteiger partial charge in [-0.25, -0.2) is 5.09 Å². The number of nitrogens with zero attached hydrogens (tertiary/aromatic N) is 1. The van der Waals surface area contributed by atoms with Crippen LogP contribution in [0.2, 0.25) is 0 Å². The standard InChI is InChI=1S/C20H23N2O6P.C2H6/c23-20(26-17-7-3-1-4-8-17)15-21-29(27-18-9-5-2-6-10-18)28-19-13-11-16(12-14-19)22(24)25;1-2/h2,5-6,9-14,17,21H,1,3-4,7-8,15H2;1-2H3. The third kappa shape index (κ3) is 8.90. The van der Waals surface area contributed by atoms with E-state index in [9.17, 15) is 14.9 Å². The minimum absolute atomic E-state index is 0.0186. The fraction of sp³-hybridized carbons (Fsp3) is 0.409. The van der Waals surface area contributed by atoms with Crippen LogP contribution in [0.3, 0.4) is 0 Å². The minimum Gasteiger partial charge on any atom is -0.461 e. The number of rotatable bonds is 9. The van der Waals surface area contributed by atoms with Gasteiger partial charge < -0.3 is 13.8 Å². The molecule has 3 rings (SSSR count). The first-order chi connectivity index (χ1) is 15.1. The van der Waals surface area contributed by atoms with E-state index in [0.717, 1.165) is 25.7 Å². The third-order valence-corrected chi connectivity index (χ3v) is 5.54. The Hall–Kier alpha value is -2.70. The maximum atomic E-state index is 12.2. The lowest BCUT2D eigenvalue weighted by Crippen LogP contribution is -2.28. The summed E-state index contributed by atoms with van der Waals surface area (Å²) in [5.74, 6) is 0.618. The van der Waals surface area contributed by atoms with Gasteiger partial charge in [0.1, 0.15) is 24.1 Å². The van der Waals surface area contributed by atoms with E-state index in [1.807, 2.05) is 32.0 Å². The number of para-hydroxylation sites is 1. The highest BCUT2D eigenvalue weighted by Gasteiger charge is 2.21. The number of nitrogens with one attached hydrogen (secondary N) is 1. The fourth-order valence-corrected chi connectivity index (χ4v) is 3.98. The third-order valence-electron chi connectivity index (χ3n) is 4.37. The summed E-state index contributed by atoms with van der Waals surface area (Å²) in [5.41, 5.74) is -0.0327. The molecule has 0 heterocycles. The molecule has 0 amide bonds. The maximum Gasteiger partial charge on any atom is 0.382 e. The topological polar surface area (TPSA) is 99.9 Å². The summed E-state index contributed by atoms with van der Waals surface area (Å²) in [7, 11) is -1.71. The van der Waals surface area contributed by atoms with Crippen molar-refractivity contribution in [1.82, 2.24) is 5.09 Å². The molecule has 31 heavy (non-hydrogen) atoms. The summed E-state index contributed by atoms with van der Waals surface area (Å²) >= 11 is 0. The predicted octanol–water partition coefficient (Wildman–Crippen LogP) is 5.77. The highest BCUT2D eigenvalue weighted by Crippen LogP contribution is 2.37. The first-order valence-electron chi connectivity index (χ1n) is 10.5. The number of esters is 1. The van der Waals surface area contributed by atoms with Gasteiger partial charge in [0.25, 0.3) is 5.69 Å². The van der Waals surface area contributed by atoms with Crippen molar-refractivity contribution in [3.05, 3.63) is 64.7 Å². The quantitative estimate of drug-likeness (QED) is 0.225. The summed E-state index contributed by atoms with van der Waals surface area (Å²) in [4.78, 5) is 22.5. The Morgan fingerprint density at radius 2 is 1.58 bits per heavy atom. The van der Waals surface area contributed by atoms with Crippen LogP contribution in [0, 0.1) is 10.1 Å². The van der Waals surface area contributed by atoms with Crippen molar-refractivity contribution in [1.29, 1.82) is 0 Å². The molecule has 0 aliphatic heterocycles. The van der Waals surface area contributed by atoms with Gasteiger partial charge in [-0.15, -0.1) is 0 Å². The number of benzene rings is 2. The van der Waals surface area contributed by atoms with Crippen LogP contribution in [0.4, 0.5) is 5.69 Å². The number of hydrogen-bond donors (Lipinski definition) is 1. The first kappa shape index (κ1) is 24.6. The van der Waals surface area contributed by atoms with Gasteiger partial charge in [0, 0.05) is 12.1 Å². The molecule has 0 saturated heterocycles. The molecule has 1 N–H and O–H groups in total. The summed E-state index contributed by atoms with van der Waals surface area (Å²) in [6, 6.07) is 14.7. The van der Waals surface area contributed by atoms with Crippen LogP contribution >= 0.6 is 8.53 Å². The predicted molar refractivity (Wildman–Crippen MR) is 120 cm³/mol. The smallest absolute Gasteiger partial charge is 0.382 e. The van der Waals surface area contributed by atoms with Crippen molar-refractivity contribution in [3.63, 3.8) is 0 Å². The van der Waals surface area contributed by atoms with E-state index in [2.05, 4.69) is 5.09 Å². The average Bonchev–Trinajstić information content (AvgIpc) is 2.80. The molecule has 0 spiro atoms. The second-order valence-corrected chi connectivity index (χ2v) is 7.78. The van der Waals surface area contributed by atoms with E-state index >= 15 is 0 Å². The molecule has 8 nitrogen and oxygen atoms in total. The Labute approximate surface area is 184 Å². The molecule has 1 atom stereocenters. The Bertz CT molecular complexity index is 797. The van der Waals surface area contributed by atoms with E-state index in [4.69, 9.17) is 13.8 Å². The van der Waals surface area contributed by atoms with Crippen molar-refractivity contribution < 1.29 is 23.5 Å². The molecule has 1 unspecified atom stereocenters. The lowest BCUT2D eigenvalue weighted by molar-refractivity contribution is -0.384. The van der Waals surface area contributed by atoms with Gasteiger partial charge in [-0.1, -0.05) is 38.5 Å². The summed E-state index contributed by atoms with van der Waals surface area (Å²) in [6.45, 7) is 3.95. The molecular formula is C22H29N2O6P. The minimum atomic E-state index is -1.71. The molecule has 1 saturated carbocycles. The van der Waals surface area contributed by atoms with Crippen LogP contribution in [0.1, 0.15) is 46.0 Å². The van der Waals surface area contributed by atoms with Crippen molar-refractivity contribution in [3.8, 4) is 11.5 Å². The zero-order chi connectivity index (χ0) is 22.5. The normalized spacial score (nSPS) is 14.5. The number of non-ortho nitro benzene ring substituents is 1. The molecule has 0 aromatic heterocycles. The highest BCUT2D eigenvalue weighted by atomic mass is 31.2. The van der Waals surface area contributed by atoms with Crippen molar-refractivity contribution in [2.24, 2.45) is 0 Å². The summed E-state index contributed by atoms with van der Waals surface area (Å²) < 4.78 is 17.1. The highest BCUT2D eigenvalue weighted by molar-refractivity contribution is 7.45. The van der Waals surface area contributed by atoms with E-state index in [1.54, 1.807) is 12.1 Å². The Morgan fingerprint density at radius 3 is 2.16 bits per heavy atom. The molecule has 1 fully saturated rings. The Morgan fingerprint density at radius 1 is 1.00 bits per heavy atom. The second kappa shape index (κ2) is 13.6. The van der Waals surface area contributed by atoms with Gasteiger partial charge in [-0.3, -0.25) is 14.9 Å². The lowest BCUT2D eigenvalue weighted by Gasteiger charge is -2.23. The van der Waals surface area contributed by atoms with Crippen LogP contribution in [0.15, 0.2) is 54.6 Å². The second-order valence-electron chi connectivity index (χ2n) is 6.59. The van der Waals surface area contributed by atoms with Gasteiger partial charge in [0.2, 0.25) is 0 Å². The van der Waals surface area contributed by atoms with Crippen molar-refractivity contribution >= 4 is 20.2 Å². The van der Waals surface area contributed by atoms with Crippen LogP contribution in [0.5, 0.6) is 11.5 Å². The molecule has 1 aliphatic carbocycles. The molecular weight excluding hydrogens is 419 g/mol. The van der Waals surface area contributed by atoms with Crippen LogP contribution in [-0.4, -0.2) is 23.5 Å². The molecule has 0 radical (unpaired) electrons. The van der Waals surface area contributed by atoms with Crippen LogP contribution in [-0.2, 0) is 9.53 Å². The van der Waals surface area contributed by atoms with Crippen LogP contribution < -0.4 is 14.1 Å². The van der Waals surface area contributed by atoms with Gasteiger partial charge in [0.05, 0.1) is 4.92 Å². The monoisotopic (exact) mass is 448 g/mol.